The minimum atomic E-state index is -0.413. The van der Waals surface area contributed by atoms with E-state index in [0.29, 0.717) is 18.8 Å². The van der Waals surface area contributed by atoms with Crippen LogP contribution in [-0.4, -0.2) is 40.1 Å². The highest BCUT2D eigenvalue weighted by Gasteiger charge is 2.21. The van der Waals surface area contributed by atoms with Crippen LogP contribution in [0.5, 0.6) is 0 Å². The number of ether oxygens (including phenoxy) is 1. The maximum Gasteiger partial charge on any atom is 0.359 e. The van der Waals surface area contributed by atoms with Crippen molar-refractivity contribution < 1.29 is 14.6 Å². The second kappa shape index (κ2) is 8.09. The van der Waals surface area contributed by atoms with Crippen LogP contribution in [0.2, 0.25) is 0 Å². The molecule has 25 heavy (non-hydrogen) atoms. The van der Waals surface area contributed by atoms with E-state index in [1.165, 1.54) is 0 Å². The minimum absolute atomic E-state index is 0.161. The van der Waals surface area contributed by atoms with E-state index in [9.17, 15) is 9.90 Å². The van der Waals surface area contributed by atoms with Gasteiger partial charge in [0.2, 0.25) is 0 Å². The summed E-state index contributed by atoms with van der Waals surface area (Å²) in [6.45, 7) is 2.76. The average molecular weight is 341 g/mol. The highest BCUT2D eigenvalue weighted by atomic mass is 16.5. The molecule has 0 amide bonds. The van der Waals surface area contributed by atoms with E-state index >= 15 is 0 Å². The zero-order chi connectivity index (χ0) is 17.6. The minimum Gasteiger partial charge on any atom is -0.461 e. The van der Waals surface area contributed by atoms with E-state index in [2.05, 4.69) is 16.5 Å². The van der Waals surface area contributed by atoms with Crippen LogP contribution in [0.3, 0.4) is 0 Å². The third-order valence-electron chi connectivity index (χ3n) is 4.24. The number of nitrogens with one attached hydrogen (secondary N) is 1. The molecule has 0 radical (unpaired) electrons. The molecule has 1 aliphatic carbocycles. The molecule has 0 saturated heterocycles. The largest absolute Gasteiger partial charge is 0.461 e. The van der Waals surface area contributed by atoms with Crippen molar-refractivity contribution in [3.8, 4) is 5.69 Å². The summed E-state index contributed by atoms with van der Waals surface area (Å²) in [7, 11) is 0. The molecule has 2 atom stereocenters. The Morgan fingerprint density at radius 1 is 1.36 bits per heavy atom. The summed E-state index contributed by atoms with van der Waals surface area (Å²) in [5.41, 5.74) is 2.02. The Morgan fingerprint density at radius 3 is 2.84 bits per heavy atom. The summed E-state index contributed by atoms with van der Waals surface area (Å²) >= 11 is 0. The first-order valence-corrected chi connectivity index (χ1v) is 8.55. The highest BCUT2D eigenvalue weighted by Crippen LogP contribution is 2.19. The van der Waals surface area contributed by atoms with Crippen molar-refractivity contribution in [3.63, 3.8) is 0 Å². The molecule has 0 saturated carbocycles. The lowest BCUT2D eigenvalue weighted by atomic mass is 10.1. The van der Waals surface area contributed by atoms with Gasteiger partial charge >= 0.3 is 5.97 Å². The number of aromatic nitrogens is 2. The van der Waals surface area contributed by atoms with Gasteiger partial charge in [-0.2, -0.15) is 5.10 Å². The summed E-state index contributed by atoms with van der Waals surface area (Å²) in [5.74, 6) is -0.210. The monoisotopic (exact) mass is 341 g/mol. The maximum absolute atomic E-state index is 12.2. The van der Waals surface area contributed by atoms with Gasteiger partial charge in [-0.15, -0.1) is 0 Å². The third-order valence-corrected chi connectivity index (χ3v) is 4.24. The SMILES string of the molecule is CCOC(=O)c1nn(-c2ccccc2)cc1CN[C@@H]1C=C[C@H](CO)C1. The number of aliphatic hydroxyl groups excluding tert-OH is 1. The Labute approximate surface area is 147 Å². The molecule has 1 aromatic heterocycles. The van der Waals surface area contributed by atoms with E-state index in [-0.39, 0.29) is 18.6 Å². The van der Waals surface area contributed by atoms with Crippen LogP contribution >= 0.6 is 0 Å². The molecule has 0 spiro atoms. The van der Waals surface area contributed by atoms with E-state index < -0.39 is 5.97 Å². The van der Waals surface area contributed by atoms with E-state index in [0.717, 1.165) is 17.7 Å². The van der Waals surface area contributed by atoms with E-state index in [1.54, 1.807) is 11.6 Å². The van der Waals surface area contributed by atoms with Gasteiger partial charge < -0.3 is 15.2 Å². The van der Waals surface area contributed by atoms with Gasteiger partial charge in [0.25, 0.3) is 0 Å². The van der Waals surface area contributed by atoms with Gasteiger partial charge in [0.1, 0.15) is 0 Å². The predicted octanol–water partition coefficient (Wildman–Crippen LogP) is 2.08. The number of carbonyl (C=O) groups is 1. The van der Waals surface area contributed by atoms with Gasteiger partial charge in [-0.05, 0) is 25.5 Å². The van der Waals surface area contributed by atoms with E-state index in [4.69, 9.17) is 4.74 Å². The van der Waals surface area contributed by atoms with Crippen LogP contribution in [0.4, 0.5) is 0 Å². The second-order valence-corrected chi connectivity index (χ2v) is 6.05. The van der Waals surface area contributed by atoms with Crippen LogP contribution in [-0.2, 0) is 11.3 Å². The number of hydrogen-bond donors (Lipinski definition) is 2. The standard InChI is InChI=1S/C19H23N3O3/c1-2-25-19(24)18-15(11-20-16-9-8-14(10-16)13-23)12-22(21-18)17-6-4-3-5-7-17/h3-9,12,14,16,20,23H,2,10-11,13H2,1H3/t14-,16+/m0/s1. The summed E-state index contributed by atoms with van der Waals surface area (Å²) in [4.78, 5) is 12.2. The molecule has 0 aliphatic heterocycles. The highest BCUT2D eigenvalue weighted by molar-refractivity contribution is 5.88. The summed E-state index contributed by atoms with van der Waals surface area (Å²) in [6.07, 6.45) is 6.80. The predicted molar refractivity (Wildman–Crippen MR) is 94.5 cm³/mol. The number of carbonyl (C=O) groups excluding carboxylic acids is 1. The molecule has 0 fully saturated rings. The number of esters is 1. The molecule has 6 heteroatoms. The lowest BCUT2D eigenvalue weighted by Crippen LogP contribution is -2.26. The van der Waals surface area contributed by atoms with Crippen molar-refractivity contribution in [3.05, 3.63) is 59.9 Å². The Balaban J connectivity index is 1.77. The van der Waals surface area contributed by atoms with Crippen LogP contribution in [0.15, 0.2) is 48.7 Å². The van der Waals surface area contributed by atoms with Gasteiger partial charge in [0, 0.05) is 36.9 Å². The Hall–Kier alpha value is -2.44. The van der Waals surface area contributed by atoms with Crippen molar-refractivity contribution >= 4 is 5.97 Å². The molecular weight excluding hydrogens is 318 g/mol. The van der Waals surface area contributed by atoms with E-state index in [1.807, 2.05) is 42.6 Å². The Kier molecular flexibility index (Phi) is 5.63. The van der Waals surface area contributed by atoms with Crippen molar-refractivity contribution in [1.82, 2.24) is 15.1 Å². The number of rotatable bonds is 7. The van der Waals surface area contributed by atoms with Crippen LogP contribution in [0, 0.1) is 5.92 Å². The number of para-hydroxylation sites is 1. The van der Waals surface area contributed by atoms with Crippen molar-refractivity contribution in [2.45, 2.75) is 25.9 Å². The molecule has 6 nitrogen and oxygen atoms in total. The van der Waals surface area contributed by atoms with Gasteiger partial charge in [-0.3, -0.25) is 0 Å². The Bertz CT molecular complexity index is 740. The third kappa shape index (κ3) is 4.15. The zero-order valence-electron chi connectivity index (χ0n) is 14.3. The number of aliphatic hydroxyl groups is 1. The summed E-state index contributed by atoms with van der Waals surface area (Å²) in [6, 6.07) is 9.85. The molecule has 2 aromatic rings. The second-order valence-electron chi connectivity index (χ2n) is 6.05. The number of hydrogen-bond acceptors (Lipinski definition) is 5. The lowest BCUT2D eigenvalue weighted by Gasteiger charge is -2.12. The Morgan fingerprint density at radius 2 is 2.16 bits per heavy atom. The first-order valence-electron chi connectivity index (χ1n) is 8.55. The molecule has 0 unspecified atom stereocenters. The quantitative estimate of drug-likeness (QED) is 0.596. The first kappa shape index (κ1) is 17.4. The lowest BCUT2D eigenvalue weighted by molar-refractivity contribution is 0.0517. The topological polar surface area (TPSA) is 76.4 Å². The molecule has 1 heterocycles. The average Bonchev–Trinajstić information content (AvgIpc) is 3.28. The molecule has 0 bridgehead atoms. The zero-order valence-corrected chi connectivity index (χ0v) is 14.3. The molecule has 2 N–H and O–H groups in total. The number of nitrogens with zero attached hydrogens (tertiary/aromatic N) is 2. The van der Waals surface area contributed by atoms with Gasteiger partial charge in [0.15, 0.2) is 5.69 Å². The summed E-state index contributed by atoms with van der Waals surface area (Å²) in [5, 5.41) is 17.0. The van der Waals surface area contributed by atoms with Crippen LogP contribution in [0.25, 0.3) is 5.69 Å². The molecular formula is C19H23N3O3. The van der Waals surface area contributed by atoms with Crippen molar-refractivity contribution in [1.29, 1.82) is 0 Å². The molecule has 3 rings (SSSR count). The first-order chi connectivity index (χ1) is 12.2. The normalized spacial score (nSPS) is 19.3. The molecule has 1 aliphatic rings. The number of benzene rings is 1. The smallest absolute Gasteiger partial charge is 0.359 e. The fourth-order valence-corrected chi connectivity index (χ4v) is 2.93. The van der Waals surface area contributed by atoms with Gasteiger partial charge in [-0.25, -0.2) is 9.48 Å². The fraction of sp³-hybridized carbons (Fsp3) is 0.368. The van der Waals surface area contributed by atoms with Crippen molar-refractivity contribution in [2.24, 2.45) is 5.92 Å². The maximum atomic E-state index is 12.2. The van der Waals surface area contributed by atoms with Crippen LogP contribution < -0.4 is 5.32 Å². The van der Waals surface area contributed by atoms with Gasteiger partial charge in [-0.1, -0.05) is 30.4 Å². The molecule has 1 aromatic carbocycles. The van der Waals surface area contributed by atoms with Crippen molar-refractivity contribution in [2.75, 3.05) is 13.2 Å². The summed E-state index contributed by atoms with van der Waals surface area (Å²) < 4.78 is 6.83. The van der Waals surface area contributed by atoms with Crippen LogP contribution in [0.1, 0.15) is 29.4 Å². The van der Waals surface area contributed by atoms with Gasteiger partial charge in [0.05, 0.1) is 12.3 Å². The fourth-order valence-electron chi connectivity index (χ4n) is 2.93. The molecule has 132 valence electrons.